The second-order valence-electron chi connectivity index (χ2n) is 9.63. The fraction of sp³-hybridized carbons (Fsp3) is 0.290. The number of aromatic nitrogens is 5. The summed E-state index contributed by atoms with van der Waals surface area (Å²) in [5, 5.41) is 18.4. The van der Waals surface area contributed by atoms with E-state index in [1.807, 2.05) is 0 Å². The highest BCUT2D eigenvalue weighted by Crippen LogP contribution is 2.33. The first-order valence-corrected chi connectivity index (χ1v) is 14.7. The van der Waals surface area contributed by atoms with E-state index in [0.29, 0.717) is 39.3 Å². The highest BCUT2D eigenvalue weighted by molar-refractivity contribution is 6.36. The molecule has 2 aromatic carbocycles. The minimum atomic E-state index is -1.19. The number of methoxy groups -OCH3 is 2. The molecule has 3 heterocycles. The Morgan fingerprint density at radius 2 is 1.79 bits per heavy atom. The van der Waals surface area contributed by atoms with Gasteiger partial charge >= 0.3 is 17.7 Å². The van der Waals surface area contributed by atoms with E-state index < -0.39 is 5.97 Å². The lowest BCUT2D eigenvalue weighted by molar-refractivity contribution is 0.0693. The van der Waals surface area contributed by atoms with E-state index in [1.54, 1.807) is 29.7 Å². The van der Waals surface area contributed by atoms with Gasteiger partial charge in [-0.2, -0.15) is 14.6 Å². The average molecular weight is 686 g/mol. The van der Waals surface area contributed by atoms with Gasteiger partial charge in [0.15, 0.2) is 0 Å². The van der Waals surface area contributed by atoms with Crippen LogP contribution in [0.4, 0.5) is 0 Å². The molecule has 5 rings (SSSR count). The van der Waals surface area contributed by atoms with Crippen molar-refractivity contribution in [3.8, 4) is 47.3 Å². The van der Waals surface area contributed by atoms with Crippen LogP contribution in [0.25, 0.3) is 5.69 Å². The van der Waals surface area contributed by atoms with E-state index in [4.69, 9.17) is 53.4 Å². The number of rotatable bonds is 10. The molecule has 14 nitrogen and oxygen atoms in total. The molecule has 0 aliphatic carbocycles. The first-order chi connectivity index (χ1) is 22.6. The number of nitrogens with zero attached hydrogens (tertiary/aromatic N) is 6. The van der Waals surface area contributed by atoms with Gasteiger partial charge in [-0.1, -0.05) is 46.4 Å². The third-order valence-electron chi connectivity index (χ3n) is 6.65. The van der Waals surface area contributed by atoms with E-state index in [-0.39, 0.29) is 41.4 Å². The minimum absolute atomic E-state index is 0.0472. The Morgan fingerprint density at radius 1 is 1.06 bits per heavy atom. The summed E-state index contributed by atoms with van der Waals surface area (Å²) >= 11 is 12.3. The second-order valence-corrected chi connectivity index (χ2v) is 10.4. The minimum Gasteiger partial charge on any atom is -0.481 e. The van der Waals surface area contributed by atoms with Crippen LogP contribution in [0.5, 0.6) is 29.3 Å². The fourth-order valence-electron chi connectivity index (χ4n) is 4.53. The predicted molar refractivity (Wildman–Crippen MR) is 173 cm³/mol. The van der Waals surface area contributed by atoms with Crippen LogP contribution in [0, 0.1) is 12.3 Å². The van der Waals surface area contributed by atoms with Gasteiger partial charge in [-0.3, -0.25) is 4.57 Å². The van der Waals surface area contributed by atoms with Crippen LogP contribution in [0.15, 0.2) is 46.3 Å². The molecule has 0 fully saturated rings. The SMILES string of the molecule is C#CCOc1cc(-n2nc3n(c2=O)CCCC3)c(Cl)cc1Cl.CON=C(C)c1cccc(Oc2nc(OC)cc(OC)n2)c1C(=O)O. The van der Waals surface area contributed by atoms with Gasteiger partial charge in [0, 0.05) is 24.6 Å². The lowest BCUT2D eigenvalue weighted by Gasteiger charge is -2.12. The average Bonchev–Trinajstić information content (AvgIpc) is 3.40. The number of carboxylic acids is 1. The first kappa shape index (κ1) is 34.6. The number of ether oxygens (including phenoxy) is 4. The van der Waals surface area contributed by atoms with Crippen LogP contribution >= 0.6 is 23.2 Å². The Labute approximate surface area is 279 Å². The van der Waals surface area contributed by atoms with Gasteiger partial charge in [-0.25, -0.2) is 9.59 Å². The summed E-state index contributed by atoms with van der Waals surface area (Å²) in [6.07, 6.45) is 7.97. The third-order valence-corrected chi connectivity index (χ3v) is 7.25. The molecule has 1 aliphatic rings. The number of oxime groups is 1. The van der Waals surface area contributed by atoms with Crippen molar-refractivity contribution in [2.24, 2.45) is 5.16 Å². The number of aromatic carboxylic acids is 1. The highest BCUT2D eigenvalue weighted by Gasteiger charge is 2.22. The summed E-state index contributed by atoms with van der Waals surface area (Å²) in [7, 11) is 4.24. The van der Waals surface area contributed by atoms with Crippen molar-refractivity contribution in [1.29, 1.82) is 0 Å². The van der Waals surface area contributed by atoms with Gasteiger partial charge in [0.1, 0.15) is 36.6 Å². The van der Waals surface area contributed by atoms with Gasteiger partial charge < -0.3 is 28.9 Å². The van der Waals surface area contributed by atoms with Crippen LogP contribution in [0.3, 0.4) is 0 Å². The fourth-order valence-corrected chi connectivity index (χ4v) is 5.05. The summed E-state index contributed by atoms with van der Waals surface area (Å²) in [4.78, 5) is 37.0. The Morgan fingerprint density at radius 3 is 2.40 bits per heavy atom. The number of terminal acetylenes is 1. The van der Waals surface area contributed by atoms with E-state index in [1.165, 1.54) is 44.2 Å². The van der Waals surface area contributed by atoms with Gasteiger partial charge in [-0.15, -0.1) is 11.5 Å². The van der Waals surface area contributed by atoms with E-state index in [9.17, 15) is 14.7 Å². The molecule has 0 spiro atoms. The molecule has 0 saturated carbocycles. The van der Waals surface area contributed by atoms with Crippen molar-refractivity contribution in [2.75, 3.05) is 27.9 Å². The molecule has 0 bridgehead atoms. The van der Waals surface area contributed by atoms with Gasteiger partial charge in [-0.05, 0) is 31.9 Å². The highest BCUT2D eigenvalue weighted by atomic mass is 35.5. The number of carbonyl (C=O) groups is 1. The zero-order valence-electron chi connectivity index (χ0n) is 25.8. The second kappa shape index (κ2) is 15.8. The molecule has 1 aliphatic heterocycles. The lowest BCUT2D eigenvalue weighted by Crippen LogP contribution is -2.26. The Bertz CT molecular complexity index is 1880. The van der Waals surface area contributed by atoms with E-state index in [2.05, 4.69) is 26.1 Å². The van der Waals surface area contributed by atoms with Crippen molar-refractivity contribution in [3.05, 3.63) is 73.9 Å². The molecule has 2 aromatic heterocycles. The number of benzene rings is 2. The van der Waals surface area contributed by atoms with Crippen LogP contribution in [-0.2, 0) is 17.8 Å². The topological polar surface area (TPSA) is 161 Å². The van der Waals surface area contributed by atoms with Crippen molar-refractivity contribution in [3.63, 3.8) is 0 Å². The Balaban J connectivity index is 0.000000214. The Kier molecular flexibility index (Phi) is 11.7. The first-order valence-electron chi connectivity index (χ1n) is 14.0. The number of aryl methyl sites for hydroxylation is 1. The zero-order chi connectivity index (χ0) is 34.1. The monoisotopic (exact) mass is 684 g/mol. The molecule has 16 heteroatoms. The van der Waals surface area contributed by atoms with Crippen molar-refractivity contribution < 1.29 is 33.7 Å². The summed E-state index contributed by atoms with van der Waals surface area (Å²) in [5.74, 6) is 2.80. The van der Waals surface area contributed by atoms with Gasteiger partial charge in [0.05, 0.1) is 41.7 Å². The van der Waals surface area contributed by atoms with Crippen LogP contribution < -0.4 is 24.6 Å². The maximum Gasteiger partial charge on any atom is 0.350 e. The van der Waals surface area contributed by atoms with Crippen LogP contribution in [-0.4, -0.2) is 69.0 Å². The third kappa shape index (κ3) is 8.13. The number of halogens is 2. The van der Waals surface area contributed by atoms with Crippen molar-refractivity contribution >= 4 is 34.9 Å². The summed E-state index contributed by atoms with van der Waals surface area (Å²) in [6, 6.07) is 9.18. The lowest BCUT2D eigenvalue weighted by atomic mass is 10.0. The maximum absolute atomic E-state index is 12.5. The van der Waals surface area contributed by atoms with Crippen molar-refractivity contribution in [1.82, 2.24) is 24.3 Å². The molecule has 0 atom stereocenters. The molecule has 47 heavy (non-hydrogen) atoms. The summed E-state index contributed by atoms with van der Waals surface area (Å²) in [5.41, 5.74) is 0.870. The molecule has 0 unspecified atom stereocenters. The molecule has 0 amide bonds. The molecular weight excluding hydrogens is 655 g/mol. The number of carboxylic acid groups (broad SMARTS) is 1. The Hall–Kier alpha value is -5.26. The molecular formula is C31H30Cl2N6O8. The number of hydrogen-bond donors (Lipinski definition) is 1. The smallest absolute Gasteiger partial charge is 0.350 e. The molecule has 4 aromatic rings. The molecule has 246 valence electrons. The van der Waals surface area contributed by atoms with Gasteiger partial charge in [0.2, 0.25) is 11.8 Å². The maximum atomic E-state index is 12.5. The van der Waals surface area contributed by atoms with Crippen LogP contribution in [0.2, 0.25) is 10.0 Å². The summed E-state index contributed by atoms with van der Waals surface area (Å²) in [6.45, 7) is 2.38. The van der Waals surface area contributed by atoms with Gasteiger partial charge in [0.25, 0.3) is 0 Å². The molecule has 0 saturated heterocycles. The van der Waals surface area contributed by atoms with E-state index >= 15 is 0 Å². The van der Waals surface area contributed by atoms with Crippen molar-refractivity contribution in [2.45, 2.75) is 32.7 Å². The quantitative estimate of drug-likeness (QED) is 0.135. The number of fused-ring (bicyclic) bond motifs is 1. The number of hydrogen-bond acceptors (Lipinski definition) is 11. The van der Waals surface area contributed by atoms with Crippen LogP contribution in [0.1, 0.15) is 41.5 Å². The normalized spacial score (nSPS) is 12.1. The standard InChI is InChI=1S/C16H17N3O6.C15H13Cl2N3O2/c1-9(19-24-4)10-6-5-7-11(14(10)15(20)21)25-16-17-12(22-2)8-13(18-16)23-3;1-2-7-22-13-9-12(10(16)8-11(13)17)20-15(21)19-6-4-3-5-14(19)18-20/h5-8H,1-4H3,(H,20,21);1,8-9H,3-7H2. The predicted octanol–water partition coefficient (Wildman–Crippen LogP) is 5.04. The molecule has 0 radical (unpaired) electrons. The summed E-state index contributed by atoms with van der Waals surface area (Å²) < 4.78 is 24.0. The molecule has 1 N–H and O–H groups in total. The van der Waals surface area contributed by atoms with E-state index in [0.717, 1.165) is 25.1 Å². The largest absolute Gasteiger partial charge is 0.481 e. The zero-order valence-corrected chi connectivity index (χ0v) is 27.3.